The maximum Gasteiger partial charge on any atom is 0.328 e. The Balaban J connectivity index is 1.40. The monoisotopic (exact) mass is 345 g/mol. The predicted octanol–water partition coefficient (Wildman–Crippen LogP) is 0.273. The van der Waals surface area contributed by atoms with Gasteiger partial charge >= 0.3 is 5.69 Å². The fourth-order valence-electron chi connectivity index (χ4n) is 2.51. The third kappa shape index (κ3) is 4.50. The number of benzene rings is 1. The molecule has 2 N–H and O–H groups in total. The molecule has 1 aliphatic rings. The summed E-state index contributed by atoms with van der Waals surface area (Å²) in [6.07, 6.45) is 2.03. The second-order valence-electron chi connectivity index (χ2n) is 5.69. The van der Waals surface area contributed by atoms with Crippen LogP contribution in [0.1, 0.15) is 12.8 Å². The molecule has 0 radical (unpaired) electrons. The number of ether oxygens (including phenoxy) is 2. The van der Waals surface area contributed by atoms with Crippen LogP contribution < -0.4 is 26.0 Å². The van der Waals surface area contributed by atoms with E-state index in [2.05, 4.69) is 10.3 Å². The van der Waals surface area contributed by atoms with Gasteiger partial charge < -0.3 is 19.4 Å². The quantitative estimate of drug-likeness (QED) is 0.782. The van der Waals surface area contributed by atoms with Gasteiger partial charge in [0.15, 0.2) is 11.5 Å². The molecule has 0 saturated heterocycles. The number of para-hydroxylation sites is 2. The number of aromatic nitrogens is 2. The fourth-order valence-corrected chi connectivity index (χ4v) is 2.51. The lowest BCUT2D eigenvalue weighted by Gasteiger charge is -2.26. The van der Waals surface area contributed by atoms with E-state index in [4.69, 9.17) is 9.47 Å². The molecule has 0 saturated carbocycles. The van der Waals surface area contributed by atoms with Gasteiger partial charge in [-0.15, -0.1) is 0 Å². The molecule has 2 aromatic rings. The number of H-pyrrole nitrogens is 1. The van der Waals surface area contributed by atoms with Gasteiger partial charge in [0.25, 0.3) is 5.56 Å². The van der Waals surface area contributed by atoms with Crippen molar-refractivity contribution in [1.82, 2.24) is 14.9 Å². The third-order valence-electron chi connectivity index (χ3n) is 3.83. The van der Waals surface area contributed by atoms with Crippen molar-refractivity contribution in [2.24, 2.45) is 0 Å². The van der Waals surface area contributed by atoms with E-state index in [0.29, 0.717) is 25.3 Å². The van der Waals surface area contributed by atoms with Gasteiger partial charge in [0.2, 0.25) is 5.91 Å². The number of carbonyl (C=O) groups is 1. The summed E-state index contributed by atoms with van der Waals surface area (Å²) < 4.78 is 12.7. The Bertz CT molecular complexity index is 858. The predicted molar refractivity (Wildman–Crippen MR) is 89.9 cm³/mol. The number of carbonyl (C=O) groups excluding carboxylic acids is 1. The van der Waals surface area contributed by atoms with Crippen LogP contribution >= 0.6 is 0 Å². The van der Waals surface area contributed by atoms with Crippen LogP contribution in [0.15, 0.2) is 46.1 Å². The van der Waals surface area contributed by atoms with Crippen LogP contribution in [0.2, 0.25) is 0 Å². The van der Waals surface area contributed by atoms with Crippen LogP contribution in [0.25, 0.3) is 0 Å². The van der Waals surface area contributed by atoms with Crippen molar-refractivity contribution >= 4 is 5.91 Å². The first kappa shape index (κ1) is 16.8. The molecule has 25 heavy (non-hydrogen) atoms. The highest BCUT2D eigenvalue weighted by Crippen LogP contribution is 2.31. The summed E-state index contributed by atoms with van der Waals surface area (Å²) >= 11 is 0. The lowest BCUT2D eigenvalue weighted by molar-refractivity contribution is -0.121. The van der Waals surface area contributed by atoms with Gasteiger partial charge in [0, 0.05) is 38.2 Å². The van der Waals surface area contributed by atoms with Crippen molar-refractivity contribution < 1.29 is 14.3 Å². The smallest absolute Gasteiger partial charge is 0.328 e. The molecular weight excluding hydrogens is 326 g/mol. The molecule has 1 aromatic carbocycles. The normalized spacial score (nSPS) is 15.6. The lowest BCUT2D eigenvalue weighted by atomic mass is 10.2. The number of aryl methyl sites for hydroxylation is 1. The van der Waals surface area contributed by atoms with Crippen LogP contribution in [-0.4, -0.2) is 34.7 Å². The number of hydrogen-bond donors (Lipinski definition) is 2. The van der Waals surface area contributed by atoms with Crippen molar-refractivity contribution in [1.29, 1.82) is 0 Å². The molecular formula is C17H19N3O5. The lowest BCUT2D eigenvalue weighted by Crippen LogP contribution is -2.35. The van der Waals surface area contributed by atoms with Gasteiger partial charge in [-0.05, 0) is 12.1 Å². The van der Waals surface area contributed by atoms with Crippen LogP contribution in [0, 0.1) is 0 Å². The molecule has 1 amide bonds. The molecule has 1 atom stereocenters. The molecule has 1 aliphatic heterocycles. The summed E-state index contributed by atoms with van der Waals surface area (Å²) in [7, 11) is 0. The van der Waals surface area contributed by atoms with Crippen molar-refractivity contribution in [2.75, 3.05) is 13.2 Å². The molecule has 8 heteroatoms. The number of fused-ring (bicyclic) bond motifs is 1. The van der Waals surface area contributed by atoms with E-state index in [0.717, 1.165) is 5.75 Å². The van der Waals surface area contributed by atoms with Gasteiger partial charge in [0.05, 0.1) is 0 Å². The minimum atomic E-state index is -0.522. The first-order valence-electron chi connectivity index (χ1n) is 8.07. The number of nitrogens with zero attached hydrogens (tertiary/aromatic N) is 1. The summed E-state index contributed by atoms with van der Waals surface area (Å²) in [5.74, 6) is 1.27. The van der Waals surface area contributed by atoms with E-state index in [1.54, 1.807) is 0 Å². The Labute approximate surface area is 143 Å². The number of amides is 1. The van der Waals surface area contributed by atoms with Gasteiger partial charge in [-0.2, -0.15) is 0 Å². The van der Waals surface area contributed by atoms with E-state index in [1.807, 2.05) is 24.3 Å². The standard InChI is InChI=1S/C17H19N3O5/c21-15(6-9-20-10-7-16(22)19-17(20)23)18-8-5-12-11-24-13-3-1-2-4-14(13)25-12/h1-4,7,10,12H,5-6,8-9,11H2,(H,18,21)(H,19,22,23). The van der Waals surface area contributed by atoms with Gasteiger partial charge in [-0.1, -0.05) is 12.1 Å². The zero-order valence-electron chi connectivity index (χ0n) is 13.6. The number of hydrogen-bond acceptors (Lipinski definition) is 5. The second-order valence-corrected chi connectivity index (χ2v) is 5.69. The van der Waals surface area contributed by atoms with Crippen LogP contribution in [0.3, 0.4) is 0 Å². The maximum atomic E-state index is 11.9. The van der Waals surface area contributed by atoms with Crippen molar-refractivity contribution in [2.45, 2.75) is 25.5 Å². The first-order valence-corrected chi connectivity index (χ1v) is 8.07. The zero-order chi connectivity index (χ0) is 17.6. The Morgan fingerprint density at radius 3 is 2.84 bits per heavy atom. The topological polar surface area (TPSA) is 102 Å². The minimum Gasteiger partial charge on any atom is -0.486 e. The Hall–Kier alpha value is -3.03. The average Bonchev–Trinajstić information content (AvgIpc) is 2.61. The molecule has 0 aliphatic carbocycles. The van der Waals surface area contributed by atoms with Crippen LogP contribution in [0.5, 0.6) is 11.5 Å². The molecule has 132 valence electrons. The summed E-state index contributed by atoms with van der Waals surface area (Å²) in [5.41, 5.74) is -0.978. The summed E-state index contributed by atoms with van der Waals surface area (Å²) in [4.78, 5) is 36.5. The minimum absolute atomic E-state index is 0.114. The Morgan fingerprint density at radius 2 is 2.04 bits per heavy atom. The number of aromatic amines is 1. The van der Waals surface area contributed by atoms with Crippen molar-refractivity contribution in [3.63, 3.8) is 0 Å². The average molecular weight is 345 g/mol. The summed E-state index contributed by atoms with van der Waals surface area (Å²) in [5, 5.41) is 2.79. The summed E-state index contributed by atoms with van der Waals surface area (Å²) in [6, 6.07) is 8.72. The molecule has 3 rings (SSSR count). The highest BCUT2D eigenvalue weighted by Gasteiger charge is 2.20. The van der Waals surface area contributed by atoms with Gasteiger partial charge in [-0.3, -0.25) is 14.6 Å². The highest BCUT2D eigenvalue weighted by atomic mass is 16.6. The second kappa shape index (κ2) is 7.69. The van der Waals surface area contributed by atoms with E-state index in [9.17, 15) is 14.4 Å². The number of rotatable bonds is 6. The molecule has 1 aromatic heterocycles. The van der Waals surface area contributed by atoms with Crippen molar-refractivity contribution in [3.8, 4) is 11.5 Å². The van der Waals surface area contributed by atoms with Crippen molar-refractivity contribution in [3.05, 3.63) is 57.4 Å². The van der Waals surface area contributed by atoms with E-state index < -0.39 is 11.2 Å². The van der Waals surface area contributed by atoms with E-state index in [-0.39, 0.29) is 25.0 Å². The first-order chi connectivity index (χ1) is 12.1. The molecule has 2 heterocycles. The van der Waals surface area contributed by atoms with Gasteiger partial charge in [-0.25, -0.2) is 4.79 Å². The van der Waals surface area contributed by atoms with Crippen LogP contribution in [-0.2, 0) is 11.3 Å². The third-order valence-corrected chi connectivity index (χ3v) is 3.83. The molecule has 0 fully saturated rings. The number of nitrogens with one attached hydrogen (secondary N) is 2. The largest absolute Gasteiger partial charge is 0.486 e. The Kier molecular flexibility index (Phi) is 5.17. The van der Waals surface area contributed by atoms with Crippen LogP contribution in [0.4, 0.5) is 0 Å². The zero-order valence-corrected chi connectivity index (χ0v) is 13.6. The molecule has 8 nitrogen and oxygen atoms in total. The van der Waals surface area contributed by atoms with E-state index >= 15 is 0 Å². The SMILES string of the molecule is O=C(CCn1ccc(=O)[nH]c1=O)NCCC1COc2ccccc2O1. The summed E-state index contributed by atoms with van der Waals surface area (Å²) in [6.45, 7) is 1.10. The van der Waals surface area contributed by atoms with E-state index in [1.165, 1.54) is 16.8 Å². The molecule has 1 unspecified atom stereocenters. The maximum absolute atomic E-state index is 11.9. The highest BCUT2D eigenvalue weighted by molar-refractivity contribution is 5.75. The molecule has 0 spiro atoms. The van der Waals surface area contributed by atoms with Gasteiger partial charge in [0.1, 0.15) is 12.7 Å². The fraction of sp³-hybridized carbons (Fsp3) is 0.353. The molecule has 0 bridgehead atoms. The Morgan fingerprint density at radius 1 is 1.24 bits per heavy atom.